The highest BCUT2D eigenvalue weighted by molar-refractivity contribution is 5.92. The third-order valence-corrected chi connectivity index (χ3v) is 8.22. The molecule has 2 aromatic carbocycles. The maximum absolute atomic E-state index is 5.66. The van der Waals surface area contributed by atoms with E-state index in [1.54, 1.807) is 7.11 Å². The van der Waals surface area contributed by atoms with E-state index in [0.717, 1.165) is 61.3 Å². The molecule has 3 heterocycles. The average molecular weight is 457 g/mol. The Morgan fingerprint density at radius 1 is 0.882 bits per heavy atom. The summed E-state index contributed by atoms with van der Waals surface area (Å²) in [5.74, 6) is 5.13. The molecule has 1 atom stereocenters. The Kier molecular flexibility index (Phi) is 5.80. The van der Waals surface area contributed by atoms with Crippen molar-refractivity contribution >= 4 is 22.4 Å². The van der Waals surface area contributed by atoms with Gasteiger partial charge in [0.1, 0.15) is 17.4 Å². The van der Waals surface area contributed by atoms with Gasteiger partial charge in [0.15, 0.2) is 0 Å². The Hall–Kier alpha value is -2.82. The molecule has 34 heavy (non-hydrogen) atoms. The zero-order chi connectivity index (χ0) is 23.1. The molecule has 178 valence electrons. The van der Waals surface area contributed by atoms with Crippen LogP contribution in [0.1, 0.15) is 68.7 Å². The van der Waals surface area contributed by atoms with Gasteiger partial charge in [-0.2, -0.15) is 0 Å². The van der Waals surface area contributed by atoms with Crippen molar-refractivity contribution < 1.29 is 4.74 Å². The number of benzene rings is 2. The standard InChI is InChI=1S/C29H36N4O/c1-3-20-12-15-33(19-20)23-10-11-26-25(18-23)29(31-28(30-26)22-8-9-22)32-16-13-21(14-17-32)24-6-4-5-7-27(24)34-2/h4-7,10-11,18,20-22H,3,8-9,12-17,19H2,1-2H3/t20-/m0/s1. The molecule has 0 radical (unpaired) electrons. The van der Waals surface area contributed by atoms with Crippen LogP contribution in [0.25, 0.3) is 10.9 Å². The summed E-state index contributed by atoms with van der Waals surface area (Å²) < 4.78 is 5.66. The van der Waals surface area contributed by atoms with Gasteiger partial charge in [-0.05, 0) is 73.8 Å². The summed E-state index contributed by atoms with van der Waals surface area (Å²) in [5.41, 5.74) is 3.78. The van der Waals surface area contributed by atoms with E-state index in [1.165, 1.54) is 48.9 Å². The van der Waals surface area contributed by atoms with E-state index >= 15 is 0 Å². The second-order valence-electron chi connectivity index (χ2n) is 10.4. The molecule has 0 bridgehead atoms. The lowest BCUT2D eigenvalue weighted by Gasteiger charge is -2.34. The monoisotopic (exact) mass is 456 g/mol. The van der Waals surface area contributed by atoms with Gasteiger partial charge in [0.05, 0.1) is 12.6 Å². The van der Waals surface area contributed by atoms with Crippen molar-refractivity contribution in [1.82, 2.24) is 9.97 Å². The third kappa shape index (κ3) is 4.10. The average Bonchev–Trinajstić information content (AvgIpc) is 3.64. The van der Waals surface area contributed by atoms with E-state index in [2.05, 4.69) is 59.2 Å². The van der Waals surface area contributed by atoms with Gasteiger partial charge in [-0.1, -0.05) is 31.5 Å². The van der Waals surface area contributed by atoms with Gasteiger partial charge in [-0.25, -0.2) is 9.97 Å². The first-order valence-electron chi connectivity index (χ1n) is 13.2. The highest BCUT2D eigenvalue weighted by Gasteiger charge is 2.30. The van der Waals surface area contributed by atoms with Crippen LogP contribution < -0.4 is 14.5 Å². The number of hydrogen-bond donors (Lipinski definition) is 0. The second kappa shape index (κ2) is 9.09. The van der Waals surface area contributed by atoms with Crippen LogP contribution in [0.3, 0.4) is 0 Å². The van der Waals surface area contributed by atoms with E-state index in [1.807, 2.05) is 0 Å². The number of hydrogen-bond acceptors (Lipinski definition) is 5. The van der Waals surface area contributed by atoms with Crippen LogP contribution in [0.15, 0.2) is 42.5 Å². The molecule has 0 spiro atoms. The van der Waals surface area contributed by atoms with Gasteiger partial charge in [0, 0.05) is 43.2 Å². The second-order valence-corrected chi connectivity index (χ2v) is 10.4. The van der Waals surface area contributed by atoms with Crippen molar-refractivity contribution in [2.24, 2.45) is 5.92 Å². The van der Waals surface area contributed by atoms with Crippen molar-refractivity contribution in [3.63, 3.8) is 0 Å². The predicted octanol–water partition coefficient (Wildman–Crippen LogP) is 6.14. The molecule has 3 aliphatic rings. The van der Waals surface area contributed by atoms with Gasteiger partial charge in [0.2, 0.25) is 0 Å². The van der Waals surface area contributed by atoms with Crippen molar-refractivity contribution in [3.8, 4) is 5.75 Å². The molecule has 0 unspecified atom stereocenters. The van der Waals surface area contributed by atoms with E-state index in [9.17, 15) is 0 Å². The van der Waals surface area contributed by atoms with Crippen LogP contribution in [0.4, 0.5) is 11.5 Å². The number of nitrogens with zero attached hydrogens (tertiary/aromatic N) is 4. The lowest BCUT2D eigenvalue weighted by molar-refractivity contribution is 0.397. The molecule has 6 rings (SSSR count). The number of para-hydroxylation sites is 1. The zero-order valence-corrected chi connectivity index (χ0v) is 20.5. The molecule has 0 amide bonds. The number of rotatable bonds is 6. The number of aromatic nitrogens is 2. The molecular weight excluding hydrogens is 420 g/mol. The Labute approximate surface area is 203 Å². The smallest absolute Gasteiger partial charge is 0.140 e. The largest absolute Gasteiger partial charge is 0.496 e. The summed E-state index contributed by atoms with van der Waals surface area (Å²) in [7, 11) is 1.78. The highest BCUT2D eigenvalue weighted by Crippen LogP contribution is 2.42. The fourth-order valence-corrected chi connectivity index (χ4v) is 5.89. The molecule has 5 nitrogen and oxygen atoms in total. The summed E-state index contributed by atoms with van der Waals surface area (Å²) in [6, 6.07) is 15.4. The lowest BCUT2D eigenvalue weighted by Crippen LogP contribution is -2.34. The van der Waals surface area contributed by atoms with E-state index < -0.39 is 0 Å². The number of methoxy groups -OCH3 is 1. The van der Waals surface area contributed by atoms with Crippen molar-refractivity contribution in [3.05, 3.63) is 53.9 Å². The molecule has 3 aromatic rings. The minimum atomic E-state index is 0.537. The van der Waals surface area contributed by atoms with E-state index in [0.29, 0.717) is 11.8 Å². The van der Waals surface area contributed by atoms with Crippen molar-refractivity contribution in [2.75, 3.05) is 43.1 Å². The Morgan fingerprint density at radius 2 is 1.68 bits per heavy atom. The molecule has 1 aliphatic carbocycles. The lowest BCUT2D eigenvalue weighted by atomic mass is 9.88. The molecule has 1 aromatic heterocycles. The predicted molar refractivity (Wildman–Crippen MR) is 139 cm³/mol. The van der Waals surface area contributed by atoms with Crippen LogP contribution in [-0.4, -0.2) is 43.3 Å². The normalized spacial score (nSPS) is 21.4. The molecule has 2 saturated heterocycles. The molecule has 1 saturated carbocycles. The van der Waals surface area contributed by atoms with Crippen molar-refractivity contribution in [2.45, 2.75) is 57.3 Å². The molecule has 5 heteroatoms. The van der Waals surface area contributed by atoms with Gasteiger partial charge >= 0.3 is 0 Å². The zero-order valence-electron chi connectivity index (χ0n) is 20.5. The maximum Gasteiger partial charge on any atom is 0.140 e. The summed E-state index contributed by atoms with van der Waals surface area (Å²) in [4.78, 5) is 15.3. The maximum atomic E-state index is 5.66. The van der Waals surface area contributed by atoms with Crippen molar-refractivity contribution in [1.29, 1.82) is 0 Å². The fraction of sp³-hybridized carbons (Fsp3) is 0.517. The SMILES string of the molecule is CC[C@H]1CCN(c2ccc3nc(C4CC4)nc(N4CCC(c5ccccc5OC)CC4)c3c2)C1. The van der Waals surface area contributed by atoms with Crippen LogP contribution in [0, 0.1) is 5.92 Å². The number of piperidine rings is 1. The van der Waals surface area contributed by atoms with E-state index in [-0.39, 0.29) is 0 Å². The molecular formula is C29H36N4O. The Balaban J connectivity index is 1.30. The van der Waals surface area contributed by atoms with Gasteiger partial charge in [-0.3, -0.25) is 0 Å². The minimum absolute atomic E-state index is 0.537. The number of anilines is 2. The van der Waals surface area contributed by atoms with Gasteiger partial charge in [0.25, 0.3) is 0 Å². The number of ether oxygens (including phenoxy) is 1. The quantitative estimate of drug-likeness (QED) is 0.446. The molecule has 0 N–H and O–H groups in total. The highest BCUT2D eigenvalue weighted by atomic mass is 16.5. The summed E-state index contributed by atoms with van der Waals surface area (Å²) >= 11 is 0. The van der Waals surface area contributed by atoms with Gasteiger partial charge in [-0.15, -0.1) is 0 Å². The Morgan fingerprint density at radius 3 is 2.41 bits per heavy atom. The summed E-state index contributed by atoms with van der Waals surface area (Å²) in [5, 5.41) is 1.22. The topological polar surface area (TPSA) is 41.5 Å². The first kappa shape index (κ1) is 21.7. The van der Waals surface area contributed by atoms with Crippen LogP contribution in [0.2, 0.25) is 0 Å². The van der Waals surface area contributed by atoms with E-state index in [4.69, 9.17) is 14.7 Å². The van der Waals surface area contributed by atoms with Crippen LogP contribution in [-0.2, 0) is 0 Å². The number of fused-ring (bicyclic) bond motifs is 1. The third-order valence-electron chi connectivity index (χ3n) is 8.22. The fourth-order valence-electron chi connectivity index (χ4n) is 5.89. The first-order valence-corrected chi connectivity index (χ1v) is 13.2. The Bertz CT molecular complexity index is 1170. The molecule has 3 fully saturated rings. The minimum Gasteiger partial charge on any atom is -0.496 e. The molecule has 2 aliphatic heterocycles. The van der Waals surface area contributed by atoms with Crippen LogP contribution in [0.5, 0.6) is 5.75 Å². The first-order chi connectivity index (χ1) is 16.7. The summed E-state index contributed by atoms with van der Waals surface area (Å²) in [6.07, 6.45) is 7.26. The summed E-state index contributed by atoms with van der Waals surface area (Å²) in [6.45, 7) is 6.68. The van der Waals surface area contributed by atoms with Gasteiger partial charge < -0.3 is 14.5 Å². The van der Waals surface area contributed by atoms with Crippen LogP contribution >= 0.6 is 0 Å².